The third-order valence-electron chi connectivity index (χ3n) is 3.69. The lowest BCUT2D eigenvalue weighted by molar-refractivity contribution is -0.0278. The minimum atomic E-state index is 0.289. The molecule has 1 aliphatic carbocycles. The summed E-state index contributed by atoms with van der Waals surface area (Å²) in [7, 11) is 2.15. The van der Waals surface area contributed by atoms with Crippen LogP contribution in [-0.4, -0.2) is 53.3 Å². The molecule has 1 aliphatic heterocycles. The highest BCUT2D eigenvalue weighted by Crippen LogP contribution is 2.19. The predicted molar refractivity (Wildman–Crippen MR) is 69.3 cm³/mol. The van der Waals surface area contributed by atoms with E-state index in [0.29, 0.717) is 0 Å². The lowest BCUT2D eigenvalue weighted by Gasteiger charge is -2.30. The Labute approximate surface area is 108 Å². The number of nitrogens with zero attached hydrogens (tertiary/aromatic N) is 3. The number of likely N-dealkylation sites (N-methyl/N-ethyl adjacent to an activating group) is 1. The maximum atomic E-state index is 5.80. The van der Waals surface area contributed by atoms with Gasteiger partial charge in [-0.25, -0.2) is 4.98 Å². The molecule has 2 fully saturated rings. The van der Waals surface area contributed by atoms with Crippen LogP contribution in [0.5, 0.6) is 0 Å². The quantitative estimate of drug-likeness (QED) is 0.825. The van der Waals surface area contributed by atoms with Crippen molar-refractivity contribution in [3.63, 3.8) is 0 Å². The molecule has 1 N–H and O–H groups in total. The van der Waals surface area contributed by atoms with Crippen molar-refractivity contribution in [3.05, 3.63) is 18.2 Å². The van der Waals surface area contributed by atoms with Crippen molar-refractivity contribution in [3.8, 4) is 0 Å². The van der Waals surface area contributed by atoms with Crippen LogP contribution in [0.1, 0.15) is 18.5 Å². The van der Waals surface area contributed by atoms with Crippen molar-refractivity contribution in [1.82, 2.24) is 19.8 Å². The molecule has 1 saturated carbocycles. The second-order valence-electron chi connectivity index (χ2n) is 5.45. The Bertz CT molecular complexity index is 388. The number of nitrogens with one attached hydrogen (secondary N) is 1. The van der Waals surface area contributed by atoms with Gasteiger partial charge in [-0.15, -0.1) is 0 Å². The third kappa shape index (κ3) is 3.10. The van der Waals surface area contributed by atoms with E-state index in [2.05, 4.69) is 26.8 Å². The van der Waals surface area contributed by atoms with Gasteiger partial charge in [0.1, 0.15) is 0 Å². The first kappa shape index (κ1) is 12.1. The van der Waals surface area contributed by atoms with Crippen LogP contribution in [0.4, 0.5) is 0 Å². The van der Waals surface area contributed by atoms with E-state index < -0.39 is 0 Å². The van der Waals surface area contributed by atoms with Crippen LogP contribution in [0.15, 0.2) is 12.5 Å². The normalized spacial score (nSPS) is 25.5. The van der Waals surface area contributed by atoms with Crippen LogP contribution in [0.3, 0.4) is 0 Å². The molecule has 0 radical (unpaired) electrons. The Kier molecular flexibility index (Phi) is 3.63. The van der Waals surface area contributed by atoms with Crippen molar-refractivity contribution < 1.29 is 4.74 Å². The van der Waals surface area contributed by atoms with Gasteiger partial charge in [0.2, 0.25) is 0 Å². The molecular weight excluding hydrogens is 228 g/mol. The second kappa shape index (κ2) is 5.38. The molecule has 0 spiro atoms. The van der Waals surface area contributed by atoms with Crippen molar-refractivity contribution in [1.29, 1.82) is 0 Å². The highest BCUT2D eigenvalue weighted by Gasteiger charge is 2.22. The lowest BCUT2D eigenvalue weighted by atomic mass is 10.2. The topological polar surface area (TPSA) is 42.3 Å². The number of hydrogen-bond donors (Lipinski definition) is 1. The van der Waals surface area contributed by atoms with Gasteiger partial charge in [0, 0.05) is 31.9 Å². The molecule has 2 heterocycles. The molecular formula is C13H22N4O. The Morgan fingerprint density at radius 1 is 1.50 bits per heavy atom. The number of rotatable bonds is 5. The first-order valence-corrected chi connectivity index (χ1v) is 6.84. The highest BCUT2D eigenvalue weighted by molar-refractivity contribution is 5.00. The lowest BCUT2D eigenvalue weighted by Crippen LogP contribution is -2.42. The van der Waals surface area contributed by atoms with E-state index in [1.54, 1.807) is 0 Å². The van der Waals surface area contributed by atoms with Crippen LogP contribution < -0.4 is 5.32 Å². The summed E-state index contributed by atoms with van der Waals surface area (Å²) < 4.78 is 8.03. The number of aromatic nitrogens is 2. The molecule has 0 bridgehead atoms. The van der Waals surface area contributed by atoms with E-state index in [1.165, 1.54) is 18.5 Å². The van der Waals surface area contributed by atoms with Gasteiger partial charge in [0.15, 0.2) is 0 Å². The molecule has 1 aromatic heterocycles. The predicted octanol–water partition coefficient (Wildman–Crippen LogP) is 0.466. The van der Waals surface area contributed by atoms with Gasteiger partial charge in [0.25, 0.3) is 0 Å². The second-order valence-corrected chi connectivity index (χ2v) is 5.45. The molecule has 18 heavy (non-hydrogen) atoms. The van der Waals surface area contributed by atoms with E-state index in [9.17, 15) is 0 Å². The van der Waals surface area contributed by atoms with Crippen LogP contribution in [0, 0.1) is 0 Å². The third-order valence-corrected chi connectivity index (χ3v) is 3.69. The van der Waals surface area contributed by atoms with E-state index in [-0.39, 0.29) is 6.10 Å². The summed E-state index contributed by atoms with van der Waals surface area (Å²) in [5.74, 6) is 0. The van der Waals surface area contributed by atoms with Gasteiger partial charge < -0.3 is 19.5 Å². The zero-order valence-corrected chi connectivity index (χ0v) is 11.0. The highest BCUT2D eigenvalue weighted by atomic mass is 16.5. The van der Waals surface area contributed by atoms with Crippen LogP contribution in [0.2, 0.25) is 0 Å². The van der Waals surface area contributed by atoms with Crippen molar-refractivity contribution in [2.75, 3.05) is 26.7 Å². The number of hydrogen-bond acceptors (Lipinski definition) is 4. The molecule has 3 rings (SSSR count). The van der Waals surface area contributed by atoms with Gasteiger partial charge in [-0.3, -0.25) is 0 Å². The molecule has 100 valence electrons. The standard InChI is InChI=1S/C13H22N4O/c1-16-4-5-18-13(8-16)9-17-10-14-6-12(17)7-15-11-2-3-11/h6,10-11,13,15H,2-5,7-9H2,1H3. The van der Waals surface area contributed by atoms with E-state index in [1.807, 2.05) is 12.5 Å². The molecule has 0 aromatic carbocycles. The fourth-order valence-electron chi connectivity index (χ4n) is 2.39. The Morgan fingerprint density at radius 2 is 2.39 bits per heavy atom. The largest absolute Gasteiger partial charge is 0.374 e. The molecule has 1 saturated heterocycles. The van der Waals surface area contributed by atoms with Crippen LogP contribution >= 0.6 is 0 Å². The molecule has 0 amide bonds. The van der Waals surface area contributed by atoms with Gasteiger partial charge >= 0.3 is 0 Å². The smallest absolute Gasteiger partial charge is 0.0949 e. The summed E-state index contributed by atoms with van der Waals surface area (Å²) >= 11 is 0. The molecule has 5 nitrogen and oxygen atoms in total. The summed E-state index contributed by atoms with van der Waals surface area (Å²) in [5.41, 5.74) is 1.26. The van der Waals surface area contributed by atoms with E-state index >= 15 is 0 Å². The van der Waals surface area contributed by atoms with Crippen molar-refractivity contribution in [2.45, 2.75) is 38.1 Å². The molecule has 2 aliphatic rings. The zero-order valence-electron chi connectivity index (χ0n) is 11.0. The van der Waals surface area contributed by atoms with Crippen LogP contribution in [0.25, 0.3) is 0 Å². The maximum Gasteiger partial charge on any atom is 0.0949 e. The monoisotopic (exact) mass is 250 g/mol. The van der Waals surface area contributed by atoms with Gasteiger partial charge in [-0.2, -0.15) is 0 Å². The fraction of sp³-hybridized carbons (Fsp3) is 0.769. The van der Waals surface area contributed by atoms with E-state index in [4.69, 9.17) is 4.74 Å². The first-order chi connectivity index (χ1) is 8.81. The maximum absolute atomic E-state index is 5.80. The fourth-order valence-corrected chi connectivity index (χ4v) is 2.39. The number of ether oxygens (including phenoxy) is 1. The Morgan fingerprint density at radius 3 is 3.17 bits per heavy atom. The average molecular weight is 250 g/mol. The average Bonchev–Trinajstić information content (AvgIpc) is 3.08. The van der Waals surface area contributed by atoms with Crippen LogP contribution in [-0.2, 0) is 17.8 Å². The molecule has 5 heteroatoms. The van der Waals surface area contributed by atoms with E-state index in [0.717, 1.165) is 38.8 Å². The summed E-state index contributed by atoms with van der Waals surface area (Å²) in [6, 6.07) is 0.741. The summed E-state index contributed by atoms with van der Waals surface area (Å²) in [4.78, 5) is 6.59. The molecule has 1 atom stereocenters. The number of imidazole rings is 1. The van der Waals surface area contributed by atoms with Gasteiger partial charge in [0.05, 0.1) is 31.3 Å². The van der Waals surface area contributed by atoms with Crippen molar-refractivity contribution in [2.24, 2.45) is 0 Å². The molecule has 1 aromatic rings. The summed E-state index contributed by atoms with van der Waals surface area (Å²) in [5, 5.41) is 3.53. The Hall–Kier alpha value is -0.910. The van der Waals surface area contributed by atoms with Crippen molar-refractivity contribution >= 4 is 0 Å². The van der Waals surface area contributed by atoms with Gasteiger partial charge in [-0.05, 0) is 19.9 Å². The minimum Gasteiger partial charge on any atom is -0.374 e. The summed E-state index contributed by atoms with van der Waals surface area (Å²) in [6.45, 7) is 4.72. The number of morpholine rings is 1. The Balaban J connectivity index is 1.55. The zero-order chi connectivity index (χ0) is 12.4. The summed E-state index contributed by atoms with van der Waals surface area (Å²) in [6.07, 6.45) is 6.82. The molecule has 1 unspecified atom stereocenters. The minimum absolute atomic E-state index is 0.289. The van der Waals surface area contributed by atoms with Gasteiger partial charge in [-0.1, -0.05) is 0 Å². The SMILES string of the molecule is CN1CCOC(Cn2cncc2CNC2CC2)C1. The first-order valence-electron chi connectivity index (χ1n) is 6.84.